The van der Waals surface area contributed by atoms with E-state index >= 15 is 0 Å². The number of carbonyl (C=O) groups is 1. The fraction of sp³-hybridized carbons (Fsp3) is 0. The van der Waals surface area contributed by atoms with Gasteiger partial charge in [-0.1, -0.05) is 34.1 Å². The number of halogens is 1. The summed E-state index contributed by atoms with van der Waals surface area (Å²) in [6.45, 7) is 0. The SMILES string of the molecule is O=C(O)c1ccccc1-c1cn2ccc(Br)cc2n1. The molecule has 1 N–H and O–H groups in total. The van der Waals surface area contributed by atoms with Gasteiger partial charge in [-0.05, 0) is 18.2 Å². The molecule has 3 aromatic rings. The molecular formula is C14H9BrN2O2. The van der Waals surface area contributed by atoms with Gasteiger partial charge < -0.3 is 9.51 Å². The molecule has 94 valence electrons. The third-order valence-corrected chi connectivity index (χ3v) is 3.35. The Balaban J connectivity index is 2.22. The molecule has 19 heavy (non-hydrogen) atoms. The summed E-state index contributed by atoms with van der Waals surface area (Å²) in [7, 11) is 0. The van der Waals surface area contributed by atoms with E-state index in [-0.39, 0.29) is 5.56 Å². The van der Waals surface area contributed by atoms with E-state index in [9.17, 15) is 9.90 Å². The lowest BCUT2D eigenvalue weighted by molar-refractivity contribution is 0.0697. The number of aromatic nitrogens is 2. The van der Waals surface area contributed by atoms with Crippen LogP contribution in [-0.4, -0.2) is 20.5 Å². The minimum absolute atomic E-state index is 0.255. The molecule has 0 aliphatic rings. The van der Waals surface area contributed by atoms with Crippen LogP contribution >= 0.6 is 15.9 Å². The molecule has 5 heteroatoms. The monoisotopic (exact) mass is 316 g/mol. The molecule has 4 nitrogen and oxygen atoms in total. The van der Waals surface area contributed by atoms with Gasteiger partial charge in [-0.15, -0.1) is 0 Å². The van der Waals surface area contributed by atoms with Crippen molar-refractivity contribution in [2.24, 2.45) is 0 Å². The molecule has 1 aromatic carbocycles. The van der Waals surface area contributed by atoms with Gasteiger partial charge in [-0.2, -0.15) is 0 Å². The average Bonchev–Trinajstić information content (AvgIpc) is 2.81. The zero-order valence-electron chi connectivity index (χ0n) is 9.75. The van der Waals surface area contributed by atoms with E-state index in [1.807, 2.05) is 35.0 Å². The van der Waals surface area contributed by atoms with Crippen LogP contribution in [0.4, 0.5) is 0 Å². The minimum Gasteiger partial charge on any atom is -0.478 e. The van der Waals surface area contributed by atoms with Gasteiger partial charge in [0.2, 0.25) is 0 Å². The molecule has 0 aliphatic carbocycles. The van der Waals surface area contributed by atoms with Crippen LogP contribution in [0.15, 0.2) is 53.3 Å². The zero-order valence-corrected chi connectivity index (χ0v) is 11.3. The first-order valence-electron chi connectivity index (χ1n) is 5.62. The summed E-state index contributed by atoms with van der Waals surface area (Å²) < 4.78 is 2.79. The number of nitrogens with zero attached hydrogens (tertiary/aromatic N) is 2. The van der Waals surface area contributed by atoms with Gasteiger partial charge in [0, 0.05) is 22.4 Å². The first-order valence-corrected chi connectivity index (χ1v) is 6.41. The molecular weight excluding hydrogens is 308 g/mol. The van der Waals surface area contributed by atoms with Crippen molar-refractivity contribution in [3.05, 3.63) is 58.8 Å². The number of hydrogen-bond donors (Lipinski definition) is 1. The van der Waals surface area contributed by atoms with Gasteiger partial charge in [0.15, 0.2) is 0 Å². The Morgan fingerprint density at radius 2 is 2.05 bits per heavy atom. The van der Waals surface area contributed by atoms with Gasteiger partial charge in [0.1, 0.15) is 5.65 Å². The topological polar surface area (TPSA) is 54.6 Å². The molecule has 0 radical (unpaired) electrons. The number of rotatable bonds is 2. The van der Waals surface area contributed by atoms with Crippen molar-refractivity contribution in [2.75, 3.05) is 0 Å². The minimum atomic E-state index is -0.950. The van der Waals surface area contributed by atoms with Gasteiger partial charge in [-0.25, -0.2) is 9.78 Å². The van der Waals surface area contributed by atoms with E-state index < -0.39 is 5.97 Å². The van der Waals surface area contributed by atoms with Gasteiger partial charge in [-0.3, -0.25) is 0 Å². The molecule has 0 bridgehead atoms. The number of fused-ring (bicyclic) bond motifs is 1. The third-order valence-electron chi connectivity index (χ3n) is 2.86. The standard InChI is InChI=1S/C14H9BrN2O2/c15-9-5-6-17-8-12(16-13(17)7-9)10-3-1-2-4-11(10)14(18)19/h1-8H,(H,18,19). The Morgan fingerprint density at radius 1 is 1.26 bits per heavy atom. The van der Waals surface area contributed by atoms with Crippen molar-refractivity contribution in [2.45, 2.75) is 0 Å². The average molecular weight is 317 g/mol. The predicted molar refractivity (Wildman–Crippen MR) is 75.3 cm³/mol. The maximum absolute atomic E-state index is 11.2. The summed E-state index contributed by atoms with van der Waals surface area (Å²) in [5.74, 6) is -0.950. The Morgan fingerprint density at radius 3 is 2.84 bits per heavy atom. The van der Waals surface area contributed by atoms with Crippen LogP contribution in [0, 0.1) is 0 Å². The van der Waals surface area contributed by atoms with E-state index in [1.54, 1.807) is 18.2 Å². The summed E-state index contributed by atoms with van der Waals surface area (Å²) >= 11 is 3.39. The van der Waals surface area contributed by atoms with Crippen molar-refractivity contribution >= 4 is 27.5 Å². The highest BCUT2D eigenvalue weighted by Crippen LogP contribution is 2.24. The second-order valence-corrected chi connectivity index (χ2v) is 5.00. The molecule has 0 saturated heterocycles. The fourth-order valence-electron chi connectivity index (χ4n) is 1.98. The van der Waals surface area contributed by atoms with Gasteiger partial charge in [0.25, 0.3) is 0 Å². The molecule has 0 amide bonds. The lowest BCUT2D eigenvalue weighted by Gasteiger charge is -2.01. The maximum Gasteiger partial charge on any atom is 0.336 e. The molecule has 2 aromatic heterocycles. The number of imidazole rings is 1. The van der Waals surface area contributed by atoms with E-state index in [4.69, 9.17) is 0 Å². The highest BCUT2D eigenvalue weighted by molar-refractivity contribution is 9.10. The van der Waals surface area contributed by atoms with Crippen LogP contribution in [0.3, 0.4) is 0 Å². The molecule has 0 saturated carbocycles. The van der Waals surface area contributed by atoms with E-state index in [1.165, 1.54) is 0 Å². The summed E-state index contributed by atoms with van der Waals surface area (Å²) in [6, 6.07) is 10.6. The van der Waals surface area contributed by atoms with Crippen LogP contribution in [-0.2, 0) is 0 Å². The van der Waals surface area contributed by atoms with Crippen LogP contribution in [0.1, 0.15) is 10.4 Å². The Bertz CT molecular complexity index is 780. The van der Waals surface area contributed by atoms with Crippen molar-refractivity contribution in [1.29, 1.82) is 0 Å². The number of carboxylic acids is 1. The normalized spacial score (nSPS) is 10.8. The van der Waals surface area contributed by atoms with Crippen LogP contribution in [0.2, 0.25) is 0 Å². The number of aromatic carboxylic acids is 1. The number of carboxylic acid groups (broad SMARTS) is 1. The molecule has 0 unspecified atom stereocenters. The second kappa shape index (κ2) is 4.51. The summed E-state index contributed by atoms with van der Waals surface area (Å²) in [6.07, 6.45) is 3.70. The quantitative estimate of drug-likeness (QED) is 0.787. The zero-order chi connectivity index (χ0) is 13.4. The van der Waals surface area contributed by atoms with Crippen molar-refractivity contribution in [1.82, 2.24) is 9.38 Å². The van der Waals surface area contributed by atoms with Crippen LogP contribution in [0.25, 0.3) is 16.9 Å². The highest BCUT2D eigenvalue weighted by atomic mass is 79.9. The Labute approximate surface area is 117 Å². The second-order valence-electron chi connectivity index (χ2n) is 4.09. The molecule has 0 spiro atoms. The molecule has 0 fully saturated rings. The Hall–Kier alpha value is -2.14. The van der Waals surface area contributed by atoms with Crippen molar-refractivity contribution in [3.63, 3.8) is 0 Å². The summed E-state index contributed by atoms with van der Waals surface area (Å²) in [4.78, 5) is 15.7. The molecule has 0 atom stereocenters. The Kier molecular flexibility index (Phi) is 2.83. The van der Waals surface area contributed by atoms with E-state index in [2.05, 4.69) is 20.9 Å². The highest BCUT2D eigenvalue weighted by Gasteiger charge is 2.13. The number of hydrogen-bond acceptors (Lipinski definition) is 2. The largest absolute Gasteiger partial charge is 0.478 e. The maximum atomic E-state index is 11.2. The number of pyridine rings is 1. The predicted octanol–water partition coefficient (Wildman–Crippen LogP) is 3.46. The molecule has 2 heterocycles. The lowest BCUT2D eigenvalue weighted by atomic mass is 10.1. The fourth-order valence-corrected chi connectivity index (χ4v) is 2.30. The van der Waals surface area contributed by atoms with Crippen LogP contribution < -0.4 is 0 Å². The van der Waals surface area contributed by atoms with Crippen LogP contribution in [0.5, 0.6) is 0 Å². The third kappa shape index (κ3) is 2.13. The molecule has 3 rings (SSSR count). The van der Waals surface area contributed by atoms with Gasteiger partial charge in [0.05, 0.1) is 11.3 Å². The smallest absolute Gasteiger partial charge is 0.336 e. The van der Waals surface area contributed by atoms with Gasteiger partial charge >= 0.3 is 5.97 Å². The lowest BCUT2D eigenvalue weighted by Crippen LogP contribution is -1.98. The van der Waals surface area contributed by atoms with Crippen molar-refractivity contribution in [3.8, 4) is 11.3 Å². The first kappa shape index (κ1) is 11.9. The van der Waals surface area contributed by atoms with Crippen molar-refractivity contribution < 1.29 is 9.90 Å². The van der Waals surface area contributed by atoms with E-state index in [0.717, 1.165) is 10.1 Å². The molecule has 0 aliphatic heterocycles. The summed E-state index contributed by atoms with van der Waals surface area (Å²) in [5.41, 5.74) is 2.29. The van der Waals surface area contributed by atoms with E-state index in [0.29, 0.717) is 11.3 Å². The first-order chi connectivity index (χ1) is 9.15. The summed E-state index contributed by atoms with van der Waals surface area (Å²) in [5, 5.41) is 9.20. The number of benzene rings is 1.